The average molecular weight is 547 g/mol. The lowest BCUT2D eigenvalue weighted by Crippen LogP contribution is -2.65. The maximum Gasteiger partial charge on any atom is 0.306 e. The fourth-order valence-corrected chi connectivity index (χ4v) is 7.83. The number of hydrogen-bond acceptors (Lipinski definition) is 6. The quantitative estimate of drug-likeness (QED) is 0.416. The van der Waals surface area contributed by atoms with Gasteiger partial charge >= 0.3 is 5.97 Å². The van der Waals surface area contributed by atoms with E-state index in [4.69, 9.17) is 5.11 Å². The van der Waals surface area contributed by atoms with E-state index >= 15 is 8.78 Å². The molecule has 0 radical (unpaired) electrons. The third kappa shape index (κ3) is 3.24. The maximum absolute atomic E-state index is 17.0. The standard InChI is InChI=1S/C24H29BrF2O7/c1-21-5-6-23(27)12(7-15(26)13-8-16(28)14(25)10-22(13,23)2)11(21)3-4-24(21,34)20(33)19(32)17(29)9-18(30)31/h8,10-12,15,17,19,29,32,34H,3-7,9H2,1-2H3,(H,30,31)/t11-,12-,15+,17?,19?,21-,22-,23+,24-/m0/s1. The largest absolute Gasteiger partial charge is 0.481 e. The average Bonchev–Trinajstić information content (AvgIpc) is 3.02. The van der Waals surface area contributed by atoms with E-state index in [0.717, 1.165) is 6.08 Å². The second-order valence-electron chi connectivity index (χ2n) is 10.7. The van der Waals surface area contributed by atoms with Crippen molar-refractivity contribution in [2.24, 2.45) is 22.7 Å². The summed E-state index contributed by atoms with van der Waals surface area (Å²) >= 11 is 3.16. The number of fused-ring (bicyclic) bond motifs is 5. The van der Waals surface area contributed by atoms with Crippen LogP contribution >= 0.6 is 15.9 Å². The fraction of sp³-hybridized carbons (Fsp3) is 0.708. The highest BCUT2D eigenvalue weighted by atomic mass is 79.9. The summed E-state index contributed by atoms with van der Waals surface area (Å²) in [4.78, 5) is 36.2. The van der Waals surface area contributed by atoms with Gasteiger partial charge in [0.15, 0.2) is 11.6 Å². The van der Waals surface area contributed by atoms with Crippen LogP contribution in [0.25, 0.3) is 0 Å². The minimum atomic E-state index is -2.13. The topological polar surface area (TPSA) is 132 Å². The lowest BCUT2D eigenvalue weighted by Gasteiger charge is -2.61. The minimum absolute atomic E-state index is 0.0495. The number of aliphatic hydroxyl groups is 3. The molecule has 0 aliphatic heterocycles. The Kier molecular flexibility index (Phi) is 6.03. The molecule has 4 N–H and O–H groups in total. The Morgan fingerprint density at radius 2 is 1.85 bits per heavy atom. The molecule has 0 bridgehead atoms. The molecule has 0 heterocycles. The zero-order valence-electron chi connectivity index (χ0n) is 18.9. The number of halogens is 3. The van der Waals surface area contributed by atoms with E-state index < -0.39 is 76.3 Å². The number of allylic oxidation sites excluding steroid dienone is 4. The highest BCUT2D eigenvalue weighted by Crippen LogP contribution is 2.70. The van der Waals surface area contributed by atoms with Crippen molar-refractivity contribution in [2.75, 3.05) is 0 Å². The molecule has 4 aliphatic rings. The molecule has 2 unspecified atom stereocenters. The predicted octanol–water partition coefficient (Wildman–Crippen LogP) is 2.55. The number of carboxylic acids is 1. The molecular formula is C24H29BrF2O7. The molecule has 0 spiro atoms. The summed E-state index contributed by atoms with van der Waals surface area (Å²) in [5, 5.41) is 40.7. The minimum Gasteiger partial charge on any atom is -0.481 e. The molecule has 9 atom stereocenters. The number of hydrogen-bond donors (Lipinski definition) is 4. The van der Waals surface area contributed by atoms with Gasteiger partial charge in [0.05, 0.1) is 17.0 Å². The van der Waals surface area contributed by atoms with Crippen LogP contribution in [0.2, 0.25) is 0 Å². The highest BCUT2D eigenvalue weighted by Gasteiger charge is 2.72. The van der Waals surface area contributed by atoms with E-state index in [2.05, 4.69) is 15.9 Å². The van der Waals surface area contributed by atoms with Crippen molar-refractivity contribution in [3.63, 3.8) is 0 Å². The summed E-state index contributed by atoms with van der Waals surface area (Å²) in [6.07, 6.45) is -4.07. The molecular weight excluding hydrogens is 518 g/mol. The van der Waals surface area contributed by atoms with Gasteiger partial charge in [0, 0.05) is 16.7 Å². The van der Waals surface area contributed by atoms with Gasteiger partial charge < -0.3 is 20.4 Å². The van der Waals surface area contributed by atoms with E-state index in [-0.39, 0.29) is 42.2 Å². The van der Waals surface area contributed by atoms with Crippen molar-refractivity contribution in [3.05, 3.63) is 22.2 Å². The first kappa shape index (κ1) is 25.6. The lowest BCUT2D eigenvalue weighted by molar-refractivity contribution is -0.188. The van der Waals surface area contributed by atoms with Crippen LogP contribution in [0.5, 0.6) is 0 Å². The summed E-state index contributed by atoms with van der Waals surface area (Å²) in [5.74, 6) is -4.41. The predicted molar refractivity (Wildman–Crippen MR) is 119 cm³/mol. The second-order valence-corrected chi connectivity index (χ2v) is 11.6. The van der Waals surface area contributed by atoms with Gasteiger partial charge in [0.1, 0.15) is 23.5 Å². The number of carbonyl (C=O) groups is 3. The van der Waals surface area contributed by atoms with Crippen LogP contribution in [-0.2, 0) is 14.4 Å². The van der Waals surface area contributed by atoms with Gasteiger partial charge in [-0.15, -0.1) is 0 Å². The Labute approximate surface area is 204 Å². The molecule has 0 aromatic heterocycles. The summed E-state index contributed by atoms with van der Waals surface area (Å²) in [6, 6.07) is 0. The highest BCUT2D eigenvalue weighted by molar-refractivity contribution is 9.12. The van der Waals surface area contributed by atoms with Gasteiger partial charge in [-0.05, 0) is 72.5 Å². The smallest absolute Gasteiger partial charge is 0.306 e. The van der Waals surface area contributed by atoms with Crippen molar-refractivity contribution in [1.29, 1.82) is 0 Å². The zero-order valence-corrected chi connectivity index (χ0v) is 20.5. The van der Waals surface area contributed by atoms with Gasteiger partial charge in [0.25, 0.3) is 0 Å². The van der Waals surface area contributed by atoms with Crippen LogP contribution < -0.4 is 0 Å². The zero-order chi connectivity index (χ0) is 25.4. The SMILES string of the molecule is C[C@]12C=C(Br)C(=O)C=C1[C@H](F)C[C@H]1[C@@H]3CC[C@](O)(C(=O)C(O)C(O)CC(=O)O)[C@@]3(C)CC[C@@]12F. The Morgan fingerprint density at radius 1 is 1.21 bits per heavy atom. The van der Waals surface area contributed by atoms with E-state index in [9.17, 15) is 29.7 Å². The van der Waals surface area contributed by atoms with E-state index in [1.807, 2.05) is 0 Å². The number of ketones is 2. The fourth-order valence-electron chi connectivity index (χ4n) is 7.26. The summed E-state index contributed by atoms with van der Waals surface area (Å²) in [7, 11) is 0. The van der Waals surface area contributed by atoms with Crippen molar-refractivity contribution < 1.29 is 43.6 Å². The van der Waals surface area contributed by atoms with E-state index in [1.165, 1.54) is 6.08 Å². The van der Waals surface area contributed by atoms with Crippen molar-refractivity contribution in [2.45, 2.75) is 82.0 Å². The van der Waals surface area contributed by atoms with Gasteiger partial charge in [-0.2, -0.15) is 0 Å². The number of Topliss-reactive ketones (excluding diaryl/α,β-unsaturated/α-hetero) is 1. The molecule has 188 valence electrons. The van der Waals surface area contributed by atoms with Gasteiger partial charge in [-0.3, -0.25) is 14.4 Å². The van der Waals surface area contributed by atoms with Crippen molar-refractivity contribution in [1.82, 2.24) is 0 Å². The molecule has 0 amide bonds. The number of aliphatic hydroxyl groups excluding tert-OH is 2. The molecule has 3 saturated carbocycles. The Morgan fingerprint density at radius 3 is 2.47 bits per heavy atom. The molecule has 3 fully saturated rings. The molecule has 0 aromatic rings. The first-order valence-electron chi connectivity index (χ1n) is 11.4. The second kappa shape index (κ2) is 8.01. The first-order valence-corrected chi connectivity index (χ1v) is 12.2. The number of carbonyl (C=O) groups excluding carboxylic acids is 2. The molecule has 10 heteroatoms. The Bertz CT molecular complexity index is 1010. The van der Waals surface area contributed by atoms with Gasteiger partial charge in [-0.25, -0.2) is 8.78 Å². The summed E-state index contributed by atoms with van der Waals surface area (Å²) in [6.45, 7) is 3.20. The molecule has 0 aromatic carbocycles. The molecule has 7 nitrogen and oxygen atoms in total. The molecule has 0 saturated heterocycles. The first-order chi connectivity index (χ1) is 15.6. The normalized spacial score (nSPS) is 45.3. The van der Waals surface area contributed by atoms with E-state index in [1.54, 1.807) is 13.8 Å². The van der Waals surface area contributed by atoms with Crippen LogP contribution in [0.15, 0.2) is 22.2 Å². The number of carboxylic acid groups (broad SMARTS) is 1. The summed E-state index contributed by atoms with van der Waals surface area (Å²) in [5.41, 5.74) is -6.55. The van der Waals surface area contributed by atoms with Gasteiger partial charge in [0.2, 0.25) is 0 Å². The van der Waals surface area contributed by atoms with Crippen LogP contribution in [0.3, 0.4) is 0 Å². The van der Waals surface area contributed by atoms with Gasteiger partial charge in [-0.1, -0.05) is 13.0 Å². The number of aliphatic carboxylic acids is 1. The Balaban J connectivity index is 1.70. The number of rotatable bonds is 5. The molecule has 4 rings (SSSR count). The maximum atomic E-state index is 17.0. The monoisotopic (exact) mass is 546 g/mol. The van der Waals surface area contributed by atoms with Crippen molar-refractivity contribution in [3.8, 4) is 0 Å². The third-order valence-electron chi connectivity index (χ3n) is 9.29. The lowest BCUT2D eigenvalue weighted by atomic mass is 9.45. The van der Waals surface area contributed by atoms with Crippen LogP contribution in [-0.4, -0.2) is 67.6 Å². The van der Waals surface area contributed by atoms with Crippen LogP contribution in [0, 0.1) is 22.7 Å². The summed E-state index contributed by atoms with van der Waals surface area (Å²) < 4.78 is 32.6. The number of alkyl halides is 2. The van der Waals surface area contributed by atoms with Crippen LogP contribution in [0.4, 0.5) is 8.78 Å². The molecule has 4 aliphatic carbocycles. The third-order valence-corrected chi connectivity index (χ3v) is 9.90. The van der Waals surface area contributed by atoms with Crippen molar-refractivity contribution >= 4 is 33.5 Å². The van der Waals surface area contributed by atoms with E-state index in [0.29, 0.717) is 0 Å². The Hall–Kier alpha value is -1.49. The van der Waals surface area contributed by atoms with Crippen LogP contribution in [0.1, 0.15) is 52.4 Å². The molecule has 34 heavy (non-hydrogen) atoms.